The van der Waals surface area contributed by atoms with Gasteiger partial charge in [-0.3, -0.25) is 4.79 Å². The number of benzene rings is 1. The average molecular weight is 360 g/mol. The van der Waals surface area contributed by atoms with E-state index in [1.54, 1.807) is 38.1 Å². The molecule has 20 heavy (non-hydrogen) atoms. The van der Waals surface area contributed by atoms with Crippen molar-refractivity contribution < 1.29 is 14.1 Å². The first kappa shape index (κ1) is 14.9. The van der Waals surface area contributed by atoms with E-state index in [1.807, 2.05) is 0 Å². The Labute approximate surface area is 129 Å². The number of aromatic nitrogens is 1. The Bertz CT molecular complexity index is 630. The van der Waals surface area contributed by atoms with Gasteiger partial charge in [-0.2, -0.15) is 0 Å². The van der Waals surface area contributed by atoms with Crippen molar-refractivity contribution in [1.82, 2.24) is 5.16 Å². The highest BCUT2D eigenvalue weighted by Crippen LogP contribution is 2.28. The summed E-state index contributed by atoms with van der Waals surface area (Å²) in [5.74, 6) is 1.07. The van der Waals surface area contributed by atoms with Crippen LogP contribution in [0.25, 0.3) is 0 Å². The van der Waals surface area contributed by atoms with Crippen LogP contribution in [0.15, 0.2) is 33.3 Å². The van der Waals surface area contributed by atoms with Gasteiger partial charge in [0.05, 0.1) is 5.02 Å². The Hall–Kier alpha value is -1.53. The highest BCUT2D eigenvalue weighted by atomic mass is 79.9. The largest absolute Gasteiger partial charge is 0.479 e. The van der Waals surface area contributed by atoms with Crippen LogP contribution in [0.3, 0.4) is 0 Å². The predicted molar refractivity (Wildman–Crippen MR) is 79.1 cm³/mol. The Morgan fingerprint density at radius 2 is 2.25 bits per heavy atom. The van der Waals surface area contributed by atoms with Crippen LogP contribution in [0.4, 0.5) is 5.82 Å². The topological polar surface area (TPSA) is 64.4 Å². The number of anilines is 1. The van der Waals surface area contributed by atoms with E-state index in [2.05, 4.69) is 26.4 Å². The van der Waals surface area contributed by atoms with E-state index in [0.717, 1.165) is 4.47 Å². The lowest BCUT2D eigenvalue weighted by molar-refractivity contribution is -0.122. The Morgan fingerprint density at radius 3 is 2.85 bits per heavy atom. The lowest BCUT2D eigenvalue weighted by Crippen LogP contribution is -2.30. The van der Waals surface area contributed by atoms with Crippen LogP contribution in [0.5, 0.6) is 5.75 Å². The van der Waals surface area contributed by atoms with Crippen LogP contribution in [-0.4, -0.2) is 17.2 Å². The fourth-order valence-corrected chi connectivity index (χ4v) is 2.19. The molecule has 0 unspecified atom stereocenters. The standard InChI is InChI=1S/C13H12BrClN2O3/c1-7-5-12(17-20-7)16-13(18)8(2)19-11-4-3-9(14)6-10(11)15/h3-6,8H,1-2H3,(H,16,17,18)/t8-/m0/s1. The van der Waals surface area contributed by atoms with Crippen molar-refractivity contribution in [2.24, 2.45) is 0 Å². The molecule has 1 atom stereocenters. The molecule has 0 aliphatic heterocycles. The summed E-state index contributed by atoms with van der Waals surface area (Å²) < 4.78 is 11.2. The fraction of sp³-hybridized carbons (Fsp3) is 0.231. The number of nitrogens with one attached hydrogen (secondary N) is 1. The van der Waals surface area contributed by atoms with Gasteiger partial charge in [0, 0.05) is 10.5 Å². The van der Waals surface area contributed by atoms with E-state index in [1.165, 1.54) is 0 Å². The second-order valence-corrected chi connectivity index (χ2v) is 5.47. The molecule has 1 N–H and O–H groups in total. The quantitative estimate of drug-likeness (QED) is 0.901. The van der Waals surface area contributed by atoms with Crippen LogP contribution in [0, 0.1) is 6.92 Å². The van der Waals surface area contributed by atoms with Crippen LogP contribution in [0.1, 0.15) is 12.7 Å². The lowest BCUT2D eigenvalue weighted by atomic mass is 10.3. The summed E-state index contributed by atoms with van der Waals surface area (Å²) in [7, 11) is 0. The third-order valence-electron chi connectivity index (χ3n) is 2.45. The molecule has 0 spiro atoms. The minimum atomic E-state index is -0.717. The number of carbonyl (C=O) groups excluding carboxylic acids is 1. The van der Waals surface area contributed by atoms with Gasteiger partial charge in [0.25, 0.3) is 5.91 Å². The van der Waals surface area contributed by atoms with Gasteiger partial charge in [0.1, 0.15) is 11.5 Å². The molecule has 2 rings (SSSR count). The van der Waals surface area contributed by atoms with Crippen molar-refractivity contribution in [2.75, 3.05) is 5.32 Å². The van der Waals surface area contributed by atoms with Crippen molar-refractivity contribution in [3.05, 3.63) is 39.5 Å². The van der Waals surface area contributed by atoms with Crippen LogP contribution in [-0.2, 0) is 4.79 Å². The van der Waals surface area contributed by atoms with Gasteiger partial charge in [0.15, 0.2) is 11.9 Å². The minimum Gasteiger partial charge on any atom is -0.479 e. The van der Waals surface area contributed by atoms with Crippen LogP contribution in [0.2, 0.25) is 5.02 Å². The number of halogens is 2. The molecule has 0 fully saturated rings. The van der Waals surface area contributed by atoms with Gasteiger partial charge < -0.3 is 14.6 Å². The monoisotopic (exact) mass is 358 g/mol. The summed E-state index contributed by atoms with van der Waals surface area (Å²) >= 11 is 9.33. The maximum absolute atomic E-state index is 11.9. The van der Waals surface area contributed by atoms with Gasteiger partial charge in [-0.25, -0.2) is 0 Å². The van der Waals surface area contributed by atoms with Gasteiger partial charge in [-0.1, -0.05) is 32.7 Å². The average Bonchev–Trinajstić information content (AvgIpc) is 2.78. The predicted octanol–water partition coefficient (Wildman–Crippen LogP) is 3.80. The molecule has 0 aliphatic carbocycles. The highest BCUT2D eigenvalue weighted by Gasteiger charge is 2.17. The van der Waals surface area contributed by atoms with E-state index in [-0.39, 0.29) is 5.91 Å². The molecular weight excluding hydrogens is 348 g/mol. The van der Waals surface area contributed by atoms with Crippen LogP contribution >= 0.6 is 27.5 Å². The van der Waals surface area contributed by atoms with E-state index in [0.29, 0.717) is 22.4 Å². The number of amides is 1. The summed E-state index contributed by atoms with van der Waals surface area (Å²) in [6.07, 6.45) is -0.717. The molecule has 0 saturated carbocycles. The zero-order valence-electron chi connectivity index (χ0n) is 10.8. The van der Waals surface area contributed by atoms with Gasteiger partial charge in [-0.05, 0) is 32.0 Å². The van der Waals surface area contributed by atoms with Crippen molar-refractivity contribution in [3.63, 3.8) is 0 Å². The zero-order valence-corrected chi connectivity index (χ0v) is 13.2. The molecule has 5 nitrogen and oxygen atoms in total. The lowest BCUT2D eigenvalue weighted by Gasteiger charge is -2.14. The van der Waals surface area contributed by atoms with Gasteiger partial charge in [-0.15, -0.1) is 0 Å². The molecule has 0 saturated heterocycles. The van der Waals surface area contributed by atoms with Crippen molar-refractivity contribution in [1.29, 1.82) is 0 Å². The van der Waals surface area contributed by atoms with E-state index >= 15 is 0 Å². The summed E-state index contributed by atoms with van der Waals surface area (Å²) in [6, 6.07) is 6.79. The Morgan fingerprint density at radius 1 is 1.50 bits per heavy atom. The molecule has 0 radical (unpaired) electrons. The summed E-state index contributed by atoms with van der Waals surface area (Å²) in [5.41, 5.74) is 0. The van der Waals surface area contributed by atoms with Crippen LogP contribution < -0.4 is 10.1 Å². The molecule has 1 aromatic heterocycles. The van der Waals surface area contributed by atoms with Crippen molar-refractivity contribution in [3.8, 4) is 5.75 Å². The maximum Gasteiger partial charge on any atom is 0.266 e. The second-order valence-electron chi connectivity index (χ2n) is 4.15. The number of aryl methyl sites for hydroxylation is 1. The van der Waals surface area contributed by atoms with Crippen molar-refractivity contribution in [2.45, 2.75) is 20.0 Å². The number of rotatable bonds is 4. The second kappa shape index (κ2) is 6.28. The molecule has 106 valence electrons. The zero-order chi connectivity index (χ0) is 14.7. The molecule has 2 aromatic rings. The smallest absolute Gasteiger partial charge is 0.266 e. The molecule has 1 aromatic carbocycles. The molecule has 1 amide bonds. The third kappa shape index (κ3) is 3.74. The van der Waals surface area contributed by atoms with E-state index in [4.69, 9.17) is 20.9 Å². The van der Waals surface area contributed by atoms with E-state index in [9.17, 15) is 4.79 Å². The van der Waals surface area contributed by atoms with Gasteiger partial charge >= 0.3 is 0 Å². The molecular formula is C13H12BrClN2O3. The minimum absolute atomic E-state index is 0.336. The first-order chi connectivity index (χ1) is 9.45. The number of ether oxygens (including phenoxy) is 1. The normalized spacial score (nSPS) is 12.0. The Balaban J connectivity index is 2.00. The summed E-state index contributed by atoms with van der Waals surface area (Å²) in [5, 5.41) is 6.70. The first-order valence-corrected chi connectivity index (χ1v) is 6.98. The summed E-state index contributed by atoms with van der Waals surface area (Å²) in [4.78, 5) is 11.9. The molecule has 1 heterocycles. The number of nitrogens with zero attached hydrogens (tertiary/aromatic N) is 1. The molecule has 0 aliphatic rings. The Kier molecular flexibility index (Phi) is 4.67. The number of hydrogen-bond donors (Lipinski definition) is 1. The maximum atomic E-state index is 11.9. The SMILES string of the molecule is Cc1cc(NC(=O)[C@H](C)Oc2ccc(Br)cc2Cl)no1. The van der Waals surface area contributed by atoms with Gasteiger partial charge in [0.2, 0.25) is 0 Å². The van der Waals surface area contributed by atoms with E-state index < -0.39 is 6.10 Å². The first-order valence-electron chi connectivity index (χ1n) is 5.81. The summed E-state index contributed by atoms with van der Waals surface area (Å²) in [6.45, 7) is 3.37. The molecule has 0 bridgehead atoms. The third-order valence-corrected chi connectivity index (χ3v) is 3.23. The number of carbonyl (C=O) groups is 1. The number of hydrogen-bond acceptors (Lipinski definition) is 4. The fourth-order valence-electron chi connectivity index (χ4n) is 1.47. The highest BCUT2D eigenvalue weighted by molar-refractivity contribution is 9.10. The van der Waals surface area contributed by atoms with Crippen molar-refractivity contribution >= 4 is 39.3 Å². The molecule has 7 heteroatoms.